The maximum Gasteiger partial charge on any atom is 0.472 e. The summed E-state index contributed by atoms with van der Waals surface area (Å²) >= 11 is 0. The molecule has 0 aliphatic carbocycles. The van der Waals surface area contributed by atoms with Gasteiger partial charge in [-0.3, -0.25) is 18.8 Å². The smallest absolute Gasteiger partial charge is 0.472 e. The maximum absolute atomic E-state index is 11.7. The summed E-state index contributed by atoms with van der Waals surface area (Å²) in [6.07, 6.45) is 20.1. The van der Waals surface area contributed by atoms with Gasteiger partial charge in [0.15, 0.2) is 5.96 Å². The SMILES string of the molecule is CCCCCCCCCCOP(=O)(O)OCCCCCCCCCC.NC(N)=NCCC[C@H](N)C(=O)O. The van der Waals surface area contributed by atoms with Gasteiger partial charge in [0.2, 0.25) is 0 Å². The zero-order chi connectivity index (χ0) is 28.2. The van der Waals surface area contributed by atoms with E-state index < -0.39 is 19.8 Å². The average molecular weight is 553 g/mol. The van der Waals surface area contributed by atoms with Gasteiger partial charge < -0.3 is 27.2 Å². The van der Waals surface area contributed by atoms with Crippen molar-refractivity contribution >= 4 is 19.8 Å². The maximum atomic E-state index is 11.7. The van der Waals surface area contributed by atoms with Crippen LogP contribution in [0.3, 0.4) is 0 Å². The van der Waals surface area contributed by atoms with Gasteiger partial charge in [0.1, 0.15) is 6.04 Å². The van der Waals surface area contributed by atoms with Crippen LogP contribution in [0.4, 0.5) is 0 Å². The quantitative estimate of drug-likeness (QED) is 0.0401. The standard InChI is InChI=1S/C20H43O4P.C6H14N4O2/c1-3-5-7-9-11-13-15-17-19-23-25(21,22)24-20-18-16-14-12-10-8-6-4-2;7-4(5(11)12)2-1-3-10-6(8)9/h3-20H2,1-2H3,(H,21,22);4H,1-3,7H2,(H,11,12)(H4,8,9,10)/t;4-/m.0/s1. The normalized spacial score (nSPS) is 12.0. The van der Waals surface area contributed by atoms with Crippen LogP contribution in [-0.2, 0) is 18.4 Å². The number of guanidine groups is 1. The molecule has 10 nitrogen and oxygen atoms in total. The lowest BCUT2D eigenvalue weighted by Crippen LogP contribution is -2.30. The van der Waals surface area contributed by atoms with E-state index in [1.54, 1.807) is 0 Å². The number of carboxylic acid groups (broad SMARTS) is 1. The molecule has 0 aliphatic rings. The van der Waals surface area contributed by atoms with E-state index in [0.29, 0.717) is 32.6 Å². The summed E-state index contributed by atoms with van der Waals surface area (Å²) in [7, 11) is -3.83. The Morgan fingerprint density at radius 3 is 1.49 bits per heavy atom. The van der Waals surface area contributed by atoms with Gasteiger partial charge >= 0.3 is 13.8 Å². The topological polar surface area (TPSA) is 183 Å². The molecule has 0 bridgehead atoms. The second kappa shape index (κ2) is 27.8. The highest BCUT2D eigenvalue weighted by Crippen LogP contribution is 2.43. The van der Waals surface area contributed by atoms with Crippen molar-refractivity contribution in [1.29, 1.82) is 0 Å². The first-order valence-corrected chi connectivity index (χ1v) is 15.8. The number of aliphatic carboxylic acids is 1. The van der Waals surface area contributed by atoms with E-state index in [9.17, 15) is 14.3 Å². The van der Waals surface area contributed by atoms with Crippen LogP contribution < -0.4 is 17.2 Å². The Labute approximate surface area is 225 Å². The molecule has 0 aromatic heterocycles. The van der Waals surface area contributed by atoms with E-state index in [2.05, 4.69) is 18.8 Å². The third-order valence-electron chi connectivity index (χ3n) is 5.79. The van der Waals surface area contributed by atoms with E-state index in [1.165, 1.54) is 77.0 Å². The number of phosphoric acid groups is 1. The van der Waals surface area contributed by atoms with Gasteiger partial charge in [0.05, 0.1) is 13.2 Å². The number of rotatable bonds is 25. The Balaban J connectivity index is 0. The monoisotopic (exact) mass is 552 g/mol. The number of hydrogen-bond donors (Lipinski definition) is 5. The molecule has 0 spiro atoms. The Morgan fingerprint density at radius 2 is 1.14 bits per heavy atom. The first-order chi connectivity index (χ1) is 17.7. The Kier molecular flexibility index (Phi) is 28.6. The van der Waals surface area contributed by atoms with Gasteiger partial charge in [-0.15, -0.1) is 0 Å². The highest BCUT2D eigenvalue weighted by atomic mass is 31.2. The van der Waals surface area contributed by atoms with Gasteiger partial charge in [-0.25, -0.2) is 4.57 Å². The highest BCUT2D eigenvalue weighted by Gasteiger charge is 2.19. The largest absolute Gasteiger partial charge is 0.480 e. The number of aliphatic imine (C=N–C) groups is 1. The van der Waals surface area contributed by atoms with E-state index in [0.717, 1.165) is 25.7 Å². The molecule has 1 atom stereocenters. The number of carbonyl (C=O) groups is 1. The lowest BCUT2D eigenvalue weighted by molar-refractivity contribution is -0.138. The summed E-state index contributed by atoms with van der Waals surface area (Å²) in [5.41, 5.74) is 15.3. The van der Waals surface area contributed by atoms with Crippen molar-refractivity contribution in [2.45, 2.75) is 135 Å². The minimum Gasteiger partial charge on any atom is -0.480 e. The van der Waals surface area contributed by atoms with Crippen molar-refractivity contribution in [2.75, 3.05) is 19.8 Å². The van der Waals surface area contributed by atoms with E-state index >= 15 is 0 Å². The summed E-state index contributed by atoms with van der Waals surface area (Å²) in [6, 6.07) is -0.820. The molecule has 0 aliphatic heterocycles. The van der Waals surface area contributed by atoms with Crippen LogP contribution in [-0.4, -0.2) is 47.7 Å². The van der Waals surface area contributed by atoms with Crippen LogP contribution in [0.1, 0.15) is 129 Å². The van der Waals surface area contributed by atoms with Crippen molar-refractivity contribution in [1.82, 2.24) is 0 Å². The Hall–Kier alpha value is -1.19. The number of unbranched alkanes of at least 4 members (excludes halogenated alkanes) is 14. The molecule has 0 heterocycles. The van der Waals surface area contributed by atoms with Gasteiger partial charge in [-0.2, -0.15) is 0 Å². The lowest BCUT2D eigenvalue weighted by atomic mass is 10.1. The van der Waals surface area contributed by atoms with Crippen LogP contribution in [0.15, 0.2) is 4.99 Å². The summed E-state index contributed by atoms with van der Waals surface area (Å²) in [4.78, 5) is 23.5. The van der Waals surface area contributed by atoms with Crippen LogP contribution in [0, 0.1) is 0 Å². The predicted molar refractivity (Wildman–Crippen MR) is 152 cm³/mol. The molecule has 222 valence electrons. The molecule has 0 aromatic rings. The number of carboxylic acids is 1. The Bertz CT molecular complexity index is 565. The van der Waals surface area contributed by atoms with Gasteiger partial charge in [0.25, 0.3) is 0 Å². The molecule has 0 aromatic carbocycles. The third kappa shape index (κ3) is 32.8. The molecule has 0 rings (SSSR count). The zero-order valence-electron chi connectivity index (χ0n) is 23.6. The first kappa shape index (κ1) is 38.0. The fourth-order valence-corrected chi connectivity index (χ4v) is 4.31. The second-order valence-corrected chi connectivity index (χ2v) is 10.9. The molecular weight excluding hydrogens is 495 g/mol. The number of phosphoric ester groups is 1. The molecule has 0 unspecified atom stereocenters. The van der Waals surface area contributed by atoms with Gasteiger partial charge in [-0.1, -0.05) is 104 Å². The second-order valence-electron chi connectivity index (χ2n) is 9.48. The van der Waals surface area contributed by atoms with Crippen molar-refractivity contribution < 1.29 is 28.4 Å². The number of nitrogens with zero attached hydrogens (tertiary/aromatic N) is 1. The zero-order valence-corrected chi connectivity index (χ0v) is 24.5. The van der Waals surface area contributed by atoms with Gasteiger partial charge in [-0.05, 0) is 25.7 Å². The molecule has 8 N–H and O–H groups in total. The van der Waals surface area contributed by atoms with Crippen molar-refractivity contribution in [3.8, 4) is 0 Å². The number of hydrogen-bond acceptors (Lipinski definition) is 6. The average Bonchev–Trinajstić information content (AvgIpc) is 2.84. The van der Waals surface area contributed by atoms with E-state index in [4.69, 9.17) is 31.4 Å². The summed E-state index contributed by atoms with van der Waals surface area (Å²) in [6.45, 7) is 5.51. The summed E-state index contributed by atoms with van der Waals surface area (Å²) < 4.78 is 21.8. The minimum atomic E-state index is -3.83. The van der Waals surface area contributed by atoms with Crippen LogP contribution in [0.25, 0.3) is 0 Å². The molecule has 11 heteroatoms. The molecule has 0 radical (unpaired) electrons. The molecular formula is C26H57N4O6P. The third-order valence-corrected chi connectivity index (χ3v) is 6.81. The summed E-state index contributed by atoms with van der Waals surface area (Å²) in [5.74, 6) is -0.987. The highest BCUT2D eigenvalue weighted by molar-refractivity contribution is 7.47. The lowest BCUT2D eigenvalue weighted by Gasteiger charge is -2.12. The minimum absolute atomic E-state index is 0.0129. The van der Waals surface area contributed by atoms with Crippen molar-refractivity contribution in [3.63, 3.8) is 0 Å². The van der Waals surface area contributed by atoms with Gasteiger partial charge in [0, 0.05) is 6.54 Å². The molecule has 0 saturated carbocycles. The number of nitrogens with two attached hydrogens (primary N) is 3. The fraction of sp³-hybridized carbons (Fsp3) is 0.923. The van der Waals surface area contributed by atoms with Crippen molar-refractivity contribution in [2.24, 2.45) is 22.2 Å². The van der Waals surface area contributed by atoms with Crippen LogP contribution >= 0.6 is 7.82 Å². The van der Waals surface area contributed by atoms with E-state index in [-0.39, 0.29) is 5.96 Å². The van der Waals surface area contributed by atoms with E-state index in [1.807, 2.05) is 0 Å². The van der Waals surface area contributed by atoms with Crippen LogP contribution in [0.2, 0.25) is 0 Å². The molecule has 0 fully saturated rings. The first-order valence-electron chi connectivity index (χ1n) is 14.3. The Morgan fingerprint density at radius 1 is 0.757 bits per heavy atom. The molecule has 37 heavy (non-hydrogen) atoms. The molecule has 0 amide bonds. The van der Waals surface area contributed by atoms with Crippen molar-refractivity contribution in [3.05, 3.63) is 0 Å². The molecule has 0 saturated heterocycles. The fourth-order valence-electron chi connectivity index (χ4n) is 3.51. The van der Waals surface area contributed by atoms with Crippen LogP contribution in [0.5, 0.6) is 0 Å². The predicted octanol–water partition coefficient (Wildman–Crippen LogP) is 5.85. The summed E-state index contributed by atoms with van der Waals surface area (Å²) in [5, 5.41) is 8.38.